The van der Waals surface area contributed by atoms with Gasteiger partial charge in [-0.2, -0.15) is 0 Å². The van der Waals surface area contributed by atoms with Crippen molar-refractivity contribution < 1.29 is 19.1 Å². The van der Waals surface area contributed by atoms with E-state index in [0.29, 0.717) is 13.2 Å². The van der Waals surface area contributed by atoms with Gasteiger partial charge in [0.2, 0.25) is 0 Å². The average Bonchev–Trinajstić information content (AvgIpc) is 3.04. The van der Waals surface area contributed by atoms with Gasteiger partial charge in [0.15, 0.2) is 0 Å². The van der Waals surface area contributed by atoms with Crippen molar-refractivity contribution in [1.29, 1.82) is 0 Å². The predicted molar refractivity (Wildman–Crippen MR) is 182 cm³/mol. The predicted octanol–water partition coefficient (Wildman–Crippen LogP) is 8.09. The molecule has 0 fully saturated rings. The van der Waals surface area contributed by atoms with Gasteiger partial charge in [0.25, 0.3) is 0 Å². The standard InChI is InChI=1S/C37H32O4S3/c1-28(38)40-23-25-42-35-17-11-31(12-18-35)4-3-30-7-9-34(10-8-30)27-44-37-21-15-33(16-22-37)6-5-32-13-19-36(20-14-32)43-26-24-41-29(2)39/h7-22H,23-27H2,1-2H3. The molecule has 4 aromatic rings. The van der Waals surface area contributed by atoms with Crippen LogP contribution in [-0.4, -0.2) is 36.7 Å². The summed E-state index contributed by atoms with van der Waals surface area (Å²) in [5.74, 6) is 14.8. The van der Waals surface area contributed by atoms with Crippen molar-refractivity contribution >= 4 is 47.2 Å². The van der Waals surface area contributed by atoms with Gasteiger partial charge in [0.1, 0.15) is 13.2 Å². The Kier molecular flexibility index (Phi) is 13.4. The molecular formula is C37H32O4S3. The van der Waals surface area contributed by atoms with Gasteiger partial charge >= 0.3 is 11.9 Å². The second-order valence-corrected chi connectivity index (χ2v) is 12.8. The van der Waals surface area contributed by atoms with Crippen LogP contribution < -0.4 is 0 Å². The van der Waals surface area contributed by atoms with E-state index in [1.54, 1.807) is 35.3 Å². The summed E-state index contributed by atoms with van der Waals surface area (Å²) in [4.78, 5) is 25.1. The summed E-state index contributed by atoms with van der Waals surface area (Å²) in [7, 11) is 0. The van der Waals surface area contributed by atoms with E-state index in [1.807, 2.05) is 48.5 Å². The second-order valence-electron chi connectivity index (χ2n) is 9.44. The summed E-state index contributed by atoms with van der Waals surface area (Å²) in [5.41, 5.74) is 5.12. The van der Waals surface area contributed by atoms with Gasteiger partial charge in [-0.3, -0.25) is 9.59 Å². The minimum Gasteiger partial charge on any atom is -0.465 e. The maximum absolute atomic E-state index is 10.8. The summed E-state index contributed by atoms with van der Waals surface area (Å²) >= 11 is 5.10. The first-order valence-electron chi connectivity index (χ1n) is 14.0. The van der Waals surface area contributed by atoms with Crippen LogP contribution in [0.1, 0.15) is 41.7 Å². The third-order valence-electron chi connectivity index (χ3n) is 5.94. The molecule has 0 aromatic heterocycles. The Morgan fingerprint density at radius 2 is 0.818 bits per heavy atom. The Bertz CT molecular complexity index is 1510. The molecule has 0 bridgehead atoms. The number of hydrogen-bond donors (Lipinski definition) is 0. The van der Waals surface area contributed by atoms with Crippen LogP contribution in [0.4, 0.5) is 0 Å². The molecule has 4 aromatic carbocycles. The molecule has 0 spiro atoms. The van der Waals surface area contributed by atoms with Crippen molar-refractivity contribution in [3.05, 3.63) is 125 Å². The van der Waals surface area contributed by atoms with Crippen LogP contribution >= 0.6 is 35.3 Å². The molecule has 4 nitrogen and oxygen atoms in total. The first-order chi connectivity index (χ1) is 21.4. The quantitative estimate of drug-likeness (QED) is 0.0714. The van der Waals surface area contributed by atoms with Crippen molar-refractivity contribution in [3.63, 3.8) is 0 Å². The van der Waals surface area contributed by atoms with E-state index in [4.69, 9.17) is 9.47 Å². The van der Waals surface area contributed by atoms with Crippen molar-refractivity contribution in [2.75, 3.05) is 24.7 Å². The highest BCUT2D eigenvalue weighted by atomic mass is 32.2. The molecule has 0 saturated heterocycles. The Morgan fingerprint density at radius 1 is 0.500 bits per heavy atom. The fraction of sp³-hybridized carbons (Fsp3) is 0.189. The van der Waals surface area contributed by atoms with Gasteiger partial charge < -0.3 is 9.47 Å². The summed E-state index contributed by atoms with van der Waals surface area (Å²) in [6.07, 6.45) is 0. The maximum Gasteiger partial charge on any atom is 0.302 e. The molecule has 0 saturated carbocycles. The van der Waals surface area contributed by atoms with E-state index < -0.39 is 0 Å². The van der Waals surface area contributed by atoms with Gasteiger partial charge in [-0.25, -0.2) is 0 Å². The van der Waals surface area contributed by atoms with E-state index in [0.717, 1.165) is 49.3 Å². The van der Waals surface area contributed by atoms with Gasteiger partial charge in [-0.15, -0.1) is 35.3 Å². The average molecular weight is 637 g/mol. The summed E-state index contributed by atoms with van der Waals surface area (Å²) in [6, 6.07) is 32.9. The molecule has 0 heterocycles. The number of ether oxygens (including phenoxy) is 2. The number of carbonyl (C=O) groups is 2. The minimum atomic E-state index is -0.249. The monoisotopic (exact) mass is 636 g/mol. The normalized spacial score (nSPS) is 10.1. The third kappa shape index (κ3) is 12.3. The molecule has 0 aliphatic carbocycles. The maximum atomic E-state index is 10.8. The lowest BCUT2D eigenvalue weighted by molar-refractivity contribution is -0.141. The zero-order chi connectivity index (χ0) is 31.0. The molecule has 0 aliphatic heterocycles. The molecule has 44 heavy (non-hydrogen) atoms. The third-order valence-corrected chi connectivity index (χ3v) is 8.98. The number of rotatable bonds is 11. The lowest BCUT2D eigenvalue weighted by Gasteiger charge is -2.03. The zero-order valence-corrected chi connectivity index (χ0v) is 27.1. The number of benzene rings is 4. The lowest BCUT2D eigenvalue weighted by Crippen LogP contribution is -2.02. The van der Waals surface area contributed by atoms with Crippen LogP contribution in [0.25, 0.3) is 0 Å². The smallest absolute Gasteiger partial charge is 0.302 e. The van der Waals surface area contributed by atoms with Crippen LogP contribution in [-0.2, 0) is 24.8 Å². The van der Waals surface area contributed by atoms with E-state index in [1.165, 1.54) is 24.3 Å². The Morgan fingerprint density at radius 3 is 1.16 bits per heavy atom. The van der Waals surface area contributed by atoms with Crippen LogP contribution in [0.3, 0.4) is 0 Å². The SMILES string of the molecule is CC(=O)OCCSc1ccc(C#Cc2ccc(CSc3ccc(C#Cc4ccc(SCCOC(C)=O)cc4)cc3)cc2)cc1. The van der Waals surface area contributed by atoms with Gasteiger partial charge in [0.05, 0.1) is 0 Å². The fourth-order valence-corrected chi connectivity index (χ4v) is 6.05. The largest absolute Gasteiger partial charge is 0.465 e. The van der Waals surface area contributed by atoms with Crippen LogP contribution in [0.5, 0.6) is 0 Å². The topological polar surface area (TPSA) is 52.6 Å². The first kappa shape index (κ1) is 32.9. The fourth-order valence-electron chi connectivity index (χ4n) is 3.73. The van der Waals surface area contributed by atoms with Crippen LogP contribution in [0, 0.1) is 23.7 Å². The van der Waals surface area contributed by atoms with E-state index in [-0.39, 0.29) is 11.9 Å². The van der Waals surface area contributed by atoms with Gasteiger partial charge in [0, 0.05) is 68.0 Å². The number of carbonyl (C=O) groups excluding carboxylic acids is 2. The highest BCUT2D eigenvalue weighted by Crippen LogP contribution is 2.24. The lowest BCUT2D eigenvalue weighted by atomic mass is 10.1. The molecule has 0 amide bonds. The van der Waals surface area contributed by atoms with Crippen molar-refractivity contribution in [2.24, 2.45) is 0 Å². The molecule has 0 radical (unpaired) electrons. The van der Waals surface area contributed by atoms with Crippen molar-refractivity contribution in [3.8, 4) is 23.7 Å². The molecule has 222 valence electrons. The molecule has 0 unspecified atom stereocenters. The molecule has 0 atom stereocenters. The summed E-state index contributed by atoms with van der Waals surface area (Å²) in [5, 5.41) is 0. The molecular weight excluding hydrogens is 605 g/mol. The molecule has 0 N–H and O–H groups in total. The van der Waals surface area contributed by atoms with Gasteiger partial charge in [-0.05, 0) is 90.5 Å². The number of hydrogen-bond acceptors (Lipinski definition) is 7. The zero-order valence-electron chi connectivity index (χ0n) is 24.6. The molecule has 7 heteroatoms. The summed E-state index contributed by atoms with van der Waals surface area (Å²) < 4.78 is 9.93. The Hall–Kier alpha value is -4.01. The Labute approximate surface area is 272 Å². The second kappa shape index (κ2) is 18.0. The highest BCUT2D eigenvalue weighted by Gasteiger charge is 2.00. The number of esters is 2. The van der Waals surface area contributed by atoms with Gasteiger partial charge in [-0.1, -0.05) is 35.8 Å². The van der Waals surface area contributed by atoms with Crippen LogP contribution in [0.15, 0.2) is 112 Å². The summed E-state index contributed by atoms with van der Waals surface area (Å²) in [6.45, 7) is 3.67. The molecule has 0 aliphatic rings. The number of thioether (sulfide) groups is 3. The molecule has 4 rings (SSSR count). The van der Waals surface area contributed by atoms with E-state index in [9.17, 15) is 9.59 Å². The minimum absolute atomic E-state index is 0.248. The van der Waals surface area contributed by atoms with E-state index in [2.05, 4.69) is 72.2 Å². The van der Waals surface area contributed by atoms with E-state index >= 15 is 0 Å². The van der Waals surface area contributed by atoms with Crippen molar-refractivity contribution in [2.45, 2.75) is 34.3 Å². The first-order valence-corrected chi connectivity index (χ1v) is 17.0. The Balaban J connectivity index is 1.20. The van der Waals surface area contributed by atoms with Crippen LogP contribution in [0.2, 0.25) is 0 Å². The van der Waals surface area contributed by atoms with Crippen molar-refractivity contribution in [1.82, 2.24) is 0 Å². The highest BCUT2D eigenvalue weighted by molar-refractivity contribution is 7.99.